The maximum atomic E-state index is 12.5. The molecule has 3 aromatic rings. The molecular weight excluding hydrogens is 320 g/mol. The molecule has 4 nitrogen and oxygen atoms in total. The van der Waals surface area contributed by atoms with E-state index in [-0.39, 0.29) is 11.9 Å². The van der Waals surface area contributed by atoms with Crippen LogP contribution in [0.3, 0.4) is 0 Å². The van der Waals surface area contributed by atoms with Crippen LogP contribution in [0.4, 0.5) is 0 Å². The fraction of sp³-hybridized carbons (Fsp3) is 0.211. The van der Waals surface area contributed by atoms with E-state index in [1.807, 2.05) is 70.9 Å². The third-order valence-corrected chi connectivity index (χ3v) is 4.78. The van der Waals surface area contributed by atoms with Gasteiger partial charge >= 0.3 is 0 Å². The molecule has 1 atom stereocenters. The van der Waals surface area contributed by atoms with Gasteiger partial charge in [0.25, 0.3) is 0 Å². The van der Waals surface area contributed by atoms with Crippen LogP contribution in [0.15, 0.2) is 66.3 Å². The molecule has 0 radical (unpaired) electrons. The number of carbonyl (C=O) groups is 1. The van der Waals surface area contributed by atoms with E-state index < -0.39 is 0 Å². The van der Waals surface area contributed by atoms with Crippen molar-refractivity contribution in [3.63, 3.8) is 0 Å². The molecule has 1 aromatic carbocycles. The van der Waals surface area contributed by atoms with E-state index in [0.717, 1.165) is 16.2 Å². The Labute approximate surface area is 145 Å². The van der Waals surface area contributed by atoms with Crippen molar-refractivity contribution in [1.29, 1.82) is 0 Å². The second kappa shape index (κ2) is 7.84. The zero-order valence-corrected chi connectivity index (χ0v) is 14.3. The lowest BCUT2D eigenvalue weighted by atomic mass is 10.0. The summed E-state index contributed by atoms with van der Waals surface area (Å²) in [5, 5.41) is 5.01. The van der Waals surface area contributed by atoms with Crippen molar-refractivity contribution < 1.29 is 9.53 Å². The molecule has 0 aliphatic heterocycles. The van der Waals surface area contributed by atoms with Crippen LogP contribution in [-0.2, 0) is 11.3 Å². The molecule has 3 rings (SSSR count). The van der Waals surface area contributed by atoms with Gasteiger partial charge in [0.2, 0.25) is 5.91 Å². The summed E-state index contributed by atoms with van der Waals surface area (Å²) >= 11 is 1.64. The number of para-hydroxylation sites is 1. The van der Waals surface area contributed by atoms with Crippen LogP contribution >= 0.6 is 11.3 Å². The van der Waals surface area contributed by atoms with Crippen LogP contribution in [0.5, 0.6) is 5.75 Å². The molecule has 2 aromatic heterocycles. The summed E-state index contributed by atoms with van der Waals surface area (Å²) in [6.07, 6.45) is 4.31. The fourth-order valence-corrected chi connectivity index (χ4v) is 3.36. The van der Waals surface area contributed by atoms with Gasteiger partial charge in [0.05, 0.1) is 26.1 Å². The van der Waals surface area contributed by atoms with Crippen molar-refractivity contribution in [2.24, 2.45) is 0 Å². The molecule has 124 valence electrons. The number of hydrogen-bond donors (Lipinski definition) is 1. The van der Waals surface area contributed by atoms with Gasteiger partial charge in [-0.3, -0.25) is 4.79 Å². The molecule has 1 amide bonds. The first-order valence-corrected chi connectivity index (χ1v) is 8.70. The number of aromatic nitrogens is 1. The highest BCUT2D eigenvalue weighted by Gasteiger charge is 2.20. The van der Waals surface area contributed by atoms with E-state index in [4.69, 9.17) is 4.74 Å². The molecule has 5 heteroatoms. The van der Waals surface area contributed by atoms with E-state index in [9.17, 15) is 4.79 Å². The lowest BCUT2D eigenvalue weighted by Crippen LogP contribution is -2.26. The lowest BCUT2D eigenvalue weighted by Gasteiger charge is -2.21. The number of rotatable bonds is 7. The Hall–Kier alpha value is -2.53. The SMILES string of the molecule is COc1ccccc1C(CC(=O)NCc1cccs1)n1cccc1. The van der Waals surface area contributed by atoms with Gasteiger partial charge in [-0.1, -0.05) is 24.3 Å². The predicted octanol–water partition coefficient (Wildman–Crippen LogP) is 3.85. The summed E-state index contributed by atoms with van der Waals surface area (Å²) in [5.41, 5.74) is 1.00. The van der Waals surface area contributed by atoms with Crippen LogP contribution in [0.25, 0.3) is 0 Å². The molecule has 24 heavy (non-hydrogen) atoms. The quantitative estimate of drug-likeness (QED) is 0.710. The van der Waals surface area contributed by atoms with E-state index in [2.05, 4.69) is 5.32 Å². The number of nitrogens with zero attached hydrogens (tertiary/aromatic N) is 1. The highest BCUT2D eigenvalue weighted by Crippen LogP contribution is 2.30. The maximum absolute atomic E-state index is 12.5. The maximum Gasteiger partial charge on any atom is 0.222 e. The average Bonchev–Trinajstić information content (AvgIpc) is 3.31. The monoisotopic (exact) mass is 340 g/mol. The highest BCUT2D eigenvalue weighted by atomic mass is 32.1. The molecule has 0 aliphatic carbocycles. The predicted molar refractivity (Wildman–Crippen MR) is 96.3 cm³/mol. The van der Waals surface area contributed by atoms with E-state index in [0.29, 0.717) is 13.0 Å². The van der Waals surface area contributed by atoms with Gasteiger partial charge in [0.1, 0.15) is 5.75 Å². The first-order chi connectivity index (χ1) is 11.8. The molecule has 0 aliphatic rings. The van der Waals surface area contributed by atoms with Crippen molar-refractivity contribution in [1.82, 2.24) is 9.88 Å². The molecule has 2 heterocycles. The van der Waals surface area contributed by atoms with Gasteiger partial charge < -0.3 is 14.6 Å². The zero-order valence-electron chi connectivity index (χ0n) is 13.5. The minimum Gasteiger partial charge on any atom is -0.496 e. The van der Waals surface area contributed by atoms with Crippen LogP contribution in [-0.4, -0.2) is 17.6 Å². The molecule has 0 saturated heterocycles. The average molecular weight is 340 g/mol. The van der Waals surface area contributed by atoms with Crippen LogP contribution < -0.4 is 10.1 Å². The van der Waals surface area contributed by atoms with E-state index in [1.54, 1.807) is 18.4 Å². The Bertz CT molecular complexity index is 767. The Kier molecular flexibility index (Phi) is 5.33. The number of hydrogen-bond acceptors (Lipinski definition) is 3. The van der Waals surface area contributed by atoms with Gasteiger partial charge in [-0.25, -0.2) is 0 Å². The molecule has 1 unspecified atom stereocenters. The molecule has 0 saturated carbocycles. The minimum absolute atomic E-state index is 0.0213. The first kappa shape index (κ1) is 16.3. The smallest absolute Gasteiger partial charge is 0.222 e. The van der Waals surface area contributed by atoms with Crippen LogP contribution in [0, 0.1) is 0 Å². The van der Waals surface area contributed by atoms with Gasteiger partial charge in [-0.05, 0) is 29.6 Å². The zero-order chi connectivity index (χ0) is 16.8. The number of ether oxygens (including phenoxy) is 1. The van der Waals surface area contributed by atoms with Crippen molar-refractivity contribution in [3.05, 3.63) is 76.7 Å². The van der Waals surface area contributed by atoms with Crippen molar-refractivity contribution in [2.45, 2.75) is 19.0 Å². The van der Waals surface area contributed by atoms with Crippen molar-refractivity contribution in [3.8, 4) is 5.75 Å². The third-order valence-electron chi connectivity index (χ3n) is 3.90. The number of carbonyl (C=O) groups excluding carboxylic acids is 1. The molecule has 1 N–H and O–H groups in total. The second-order valence-electron chi connectivity index (χ2n) is 5.45. The Balaban J connectivity index is 1.77. The second-order valence-corrected chi connectivity index (χ2v) is 6.48. The van der Waals surface area contributed by atoms with E-state index in [1.165, 1.54) is 0 Å². The Morgan fingerprint density at radius 1 is 1.17 bits per heavy atom. The summed E-state index contributed by atoms with van der Waals surface area (Å²) in [4.78, 5) is 13.6. The van der Waals surface area contributed by atoms with Gasteiger partial charge in [-0.15, -0.1) is 11.3 Å². The standard InChI is InChI=1S/C19H20N2O2S/c1-23-18-9-3-2-8-16(18)17(21-10-4-5-11-21)13-19(22)20-14-15-7-6-12-24-15/h2-12,17H,13-14H2,1H3,(H,20,22). The highest BCUT2D eigenvalue weighted by molar-refractivity contribution is 7.09. The Morgan fingerprint density at radius 2 is 1.96 bits per heavy atom. The molecule has 0 spiro atoms. The number of benzene rings is 1. The summed E-state index contributed by atoms with van der Waals surface area (Å²) in [5.74, 6) is 0.815. The van der Waals surface area contributed by atoms with Gasteiger partial charge in [0.15, 0.2) is 0 Å². The normalized spacial score (nSPS) is 11.9. The van der Waals surface area contributed by atoms with Crippen LogP contribution in [0.2, 0.25) is 0 Å². The molecule has 0 bridgehead atoms. The molecule has 0 fully saturated rings. The fourth-order valence-electron chi connectivity index (χ4n) is 2.72. The number of nitrogens with one attached hydrogen (secondary N) is 1. The summed E-state index contributed by atoms with van der Waals surface area (Å²) in [6.45, 7) is 0.570. The van der Waals surface area contributed by atoms with E-state index >= 15 is 0 Å². The number of methoxy groups -OCH3 is 1. The van der Waals surface area contributed by atoms with Gasteiger partial charge in [-0.2, -0.15) is 0 Å². The summed E-state index contributed by atoms with van der Waals surface area (Å²) in [7, 11) is 1.66. The first-order valence-electron chi connectivity index (χ1n) is 7.82. The van der Waals surface area contributed by atoms with Gasteiger partial charge in [0, 0.05) is 22.8 Å². The van der Waals surface area contributed by atoms with Crippen molar-refractivity contribution >= 4 is 17.2 Å². The van der Waals surface area contributed by atoms with Crippen molar-refractivity contribution in [2.75, 3.05) is 7.11 Å². The topological polar surface area (TPSA) is 43.3 Å². The Morgan fingerprint density at radius 3 is 2.67 bits per heavy atom. The number of thiophene rings is 1. The number of amides is 1. The molecular formula is C19H20N2O2S. The summed E-state index contributed by atoms with van der Waals surface area (Å²) < 4.78 is 7.53. The lowest BCUT2D eigenvalue weighted by molar-refractivity contribution is -0.121. The largest absolute Gasteiger partial charge is 0.496 e. The minimum atomic E-state index is -0.0977. The summed E-state index contributed by atoms with van der Waals surface area (Å²) in [6, 6.07) is 15.7. The van der Waals surface area contributed by atoms with Crippen LogP contribution in [0.1, 0.15) is 22.9 Å². The third kappa shape index (κ3) is 3.86.